The van der Waals surface area contributed by atoms with E-state index in [2.05, 4.69) is 5.32 Å². The molecular weight excluding hydrogens is 586 g/mol. The Morgan fingerprint density at radius 2 is 1.40 bits per heavy atom. The normalized spacial score (nSPS) is 11.8. The number of benzene rings is 4. The highest BCUT2D eigenvalue weighted by Gasteiger charge is 2.33. The molecule has 0 aliphatic carbocycles. The summed E-state index contributed by atoms with van der Waals surface area (Å²) >= 11 is 0. The third kappa shape index (κ3) is 8.73. The van der Waals surface area contributed by atoms with E-state index in [0.717, 1.165) is 28.3 Å². The lowest BCUT2D eigenvalue weighted by Crippen LogP contribution is -2.52. The number of hydrogen-bond acceptors (Lipinski definition) is 5. The van der Waals surface area contributed by atoms with Crippen LogP contribution in [0.1, 0.15) is 44.2 Å². The molecule has 0 spiro atoms. The average Bonchev–Trinajstić information content (AvgIpc) is 3.05. The smallest absolute Gasteiger partial charge is 0.264 e. The van der Waals surface area contributed by atoms with Crippen molar-refractivity contribution in [1.82, 2.24) is 10.2 Å². The molecule has 0 aliphatic rings. The van der Waals surface area contributed by atoms with E-state index >= 15 is 0 Å². The van der Waals surface area contributed by atoms with Crippen LogP contribution in [0.3, 0.4) is 0 Å². The summed E-state index contributed by atoms with van der Waals surface area (Å²) in [5, 5.41) is 2.96. The Morgan fingerprint density at radius 3 is 2.02 bits per heavy atom. The topological polar surface area (TPSA) is 96.0 Å². The molecule has 0 aromatic heterocycles. The van der Waals surface area contributed by atoms with Gasteiger partial charge in [0.15, 0.2) is 0 Å². The number of ether oxygens (including phenoxy) is 1. The van der Waals surface area contributed by atoms with E-state index in [1.807, 2.05) is 75.4 Å². The lowest BCUT2D eigenvalue weighted by molar-refractivity contribution is -0.140. The summed E-state index contributed by atoms with van der Waals surface area (Å²) in [7, 11) is -4.16. The maximum Gasteiger partial charge on any atom is 0.264 e. The Morgan fingerprint density at radius 1 is 0.800 bits per heavy atom. The van der Waals surface area contributed by atoms with E-state index in [0.29, 0.717) is 30.2 Å². The first kappa shape index (κ1) is 33.3. The highest BCUT2D eigenvalue weighted by atomic mass is 32.2. The molecule has 4 aromatic carbocycles. The molecule has 2 amide bonds. The number of hydrogen-bond donors (Lipinski definition) is 1. The van der Waals surface area contributed by atoms with E-state index in [1.165, 1.54) is 17.0 Å². The molecule has 45 heavy (non-hydrogen) atoms. The Hall–Kier alpha value is -4.63. The number of aryl methyl sites for hydroxylation is 1. The molecule has 0 saturated heterocycles. The largest absolute Gasteiger partial charge is 0.457 e. The number of sulfonamides is 1. The van der Waals surface area contributed by atoms with Crippen LogP contribution in [0.5, 0.6) is 11.5 Å². The summed E-state index contributed by atoms with van der Waals surface area (Å²) in [6.07, 6.45) is 2.11. The third-order valence-corrected chi connectivity index (χ3v) is 9.32. The summed E-state index contributed by atoms with van der Waals surface area (Å²) in [5.41, 5.74) is 2.15. The van der Waals surface area contributed by atoms with E-state index in [-0.39, 0.29) is 17.3 Å². The van der Waals surface area contributed by atoms with Crippen LogP contribution in [0.15, 0.2) is 114 Å². The molecule has 8 nitrogen and oxygen atoms in total. The maximum atomic E-state index is 14.3. The number of unbranched alkanes of at least 4 members (excludes halogenated alkanes) is 1. The highest BCUT2D eigenvalue weighted by molar-refractivity contribution is 7.92. The number of nitrogens with one attached hydrogen (secondary N) is 1. The first-order chi connectivity index (χ1) is 21.7. The molecule has 0 bridgehead atoms. The van der Waals surface area contributed by atoms with Crippen molar-refractivity contribution in [2.75, 3.05) is 17.4 Å². The van der Waals surface area contributed by atoms with Gasteiger partial charge in [0, 0.05) is 13.1 Å². The SMILES string of the molecule is CCCCNC(=O)C(CC)N(Cc1ccccc1C)C(=O)CN(c1ccc(Oc2ccccc2)cc1)S(=O)(=O)c1ccccc1. The van der Waals surface area contributed by atoms with Gasteiger partial charge >= 0.3 is 0 Å². The van der Waals surface area contributed by atoms with Gasteiger partial charge in [0.25, 0.3) is 10.0 Å². The van der Waals surface area contributed by atoms with Crippen LogP contribution in [0, 0.1) is 6.92 Å². The molecule has 1 atom stereocenters. The summed E-state index contributed by atoms with van der Waals surface area (Å²) in [4.78, 5) is 29.2. The van der Waals surface area contributed by atoms with E-state index in [1.54, 1.807) is 42.5 Å². The monoisotopic (exact) mass is 627 g/mol. The second-order valence-corrected chi connectivity index (χ2v) is 12.6. The summed E-state index contributed by atoms with van der Waals surface area (Å²) in [6.45, 7) is 6.01. The zero-order valence-electron chi connectivity index (χ0n) is 26.1. The van der Waals surface area contributed by atoms with Crippen molar-refractivity contribution in [2.45, 2.75) is 57.5 Å². The van der Waals surface area contributed by atoms with Gasteiger partial charge in [-0.15, -0.1) is 0 Å². The molecule has 0 saturated carbocycles. The van der Waals surface area contributed by atoms with Gasteiger partial charge in [0.1, 0.15) is 24.1 Å². The van der Waals surface area contributed by atoms with Crippen LogP contribution in [0.4, 0.5) is 5.69 Å². The predicted molar refractivity (Wildman–Crippen MR) is 178 cm³/mol. The van der Waals surface area contributed by atoms with Crippen LogP contribution in [-0.2, 0) is 26.2 Å². The Kier molecular flexibility index (Phi) is 11.8. The molecule has 236 valence electrons. The summed E-state index contributed by atoms with van der Waals surface area (Å²) in [5.74, 6) is 0.417. The molecule has 0 aliphatic heterocycles. The van der Waals surface area contributed by atoms with Crippen LogP contribution in [-0.4, -0.2) is 44.3 Å². The predicted octanol–water partition coefficient (Wildman–Crippen LogP) is 6.71. The van der Waals surface area contributed by atoms with Crippen molar-refractivity contribution >= 4 is 27.5 Å². The van der Waals surface area contributed by atoms with Crippen LogP contribution in [0.25, 0.3) is 0 Å². The fourth-order valence-corrected chi connectivity index (χ4v) is 6.39. The first-order valence-corrected chi connectivity index (χ1v) is 16.7. The molecule has 9 heteroatoms. The zero-order valence-corrected chi connectivity index (χ0v) is 26.9. The summed E-state index contributed by atoms with van der Waals surface area (Å²) in [6, 6.07) is 30.7. The molecule has 4 aromatic rings. The fraction of sp³-hybridized carbons (Fsp3) is 0.278. The maximum absolute atomic E-state index is 14.3. The van der Waals surface area contributed by atoms with Crippen molar-refractivity contribution in [3.05, 3.63) is 120 Å². The van der Waals surface area contributed by atoms with Gasteiger partial charge < -0.3 is 15.0 Å². The van der Waals surface area contributed by atoms with Gasteiger partial charge in [-0.05, 0) is 79.4 Å². The Balaban J connectivity index is 1.70. The second kappa shape index (κ2) is 15.9. The van der Waals surface area contributed by atoms with Gasteiger partial charge in [-0.2, -0.15) is 0 Å². The van der Waals surface area contributed by atoms with Crippen molar-refractivity contribution in [3.8, 4) is 11.5 Å². The minimum Gasteiger partial charge on any atom is -0.457 e. The minimum absolute atomic E-state index is 0.0530. The first-order valence-electron chi connectivity index (χ1n) is 15.3. The quantitative estimate of drug-likeness (QED) is 0.148. The van der Waals surface area contributed by atoms with Crippen LogP contribution >= 0.6 is 0 Å². The highest BCUT2D eigenvalue weighted by Crippen LogP contribution is 2.29. The van der Waals surface area contributed by atoms with E-state index < -0.39 is 28.5 Å². The third-order valence-electron chi connectivity index (χ3n) is 7.53. The van der Waals surface area contributed by atoms with Gasteiger partial charge in [-0.25, -0.2) is 8.42 Å². The molecule has 4 rings (SSSR count). The fourth-order valence-electron chi connectivity index (χ4n) is 4.95. The van der Waals surface area contributed by atoms with Gasteiger partial charge in [0.05, 0.1) is 10.6 Å². The van der Waals surface area contributed by atoms with Crippen molar-refractivity contribution in [1.29, 1.82) is 0 Å². The van der Waals surface area contributed by atoms with Gasteiger partial charge in [-0.3, -0.25) is 13.9 Å². The number of anilines is 1. The standard InChI is InChI=1S/C36H41N3O5S/c1-4-6-25-37-36(41)34(5-2)38(26-29-16-14-13-15-28(29)3)35(40)27-39(45(42,43)33-19-11-8-12-20-33)30-21-23-32(24-22-30)44-31-17-9-7-10-18-31/h7-24,34H,4-6,25-27H2,1-3H3,(H,37,41). The molecule has 0 fully saturated rings. The number of para-hydroxylation sites is 1. The molecule has 1 unspecified atom stereocenters. The molecule has 0 heterocycles. The number of rotatable bonds is 15. The Bertz CT molecular complexity index is 1650. The van der Waals surface area contributed by atoms with Crippen LogP contribution < -0.4 is 14.4 Å². The lowest BCUT2D eigenvalue weighted by atomic mass is 10.1. The minimum atomic E-state index is -4.16. The molecule has 1 N–H and O–H groups in total. The number of carbonyl (C=O) groups excluding carboxylic acids is 2. The second-order valence-electron chi connectivity index (χ2n) is 10.8. The number of nitrogens with zero attached hydrogens (tertiary/aromatic N) is 2. The molecule has 0 radical (unpaired) electrons. The van der Waals surface area contributed by atoms with Gasteiger partial charge in [-0.1, -0.05) is 80.9 Å². The van der Waals surface area contributed by atoms with Gasteiger partial charge in [0.2, 0.25) is 11.8 Å². The Labute approximate surface area is 266 Å². The molecular formula is C36H41N3O5S. The average molecular weight is 628 g/mol. The van der Waals surface area contributed by atoms with Crippen LogP contribution in [0.2, 0.25) is 0 Å². The van der Waals surface area contributed by atoms with E-state index in [4.69, 9.17) is 4.74 Å². The van der Waals surface area contributed by atoms with Crippen molar-refractivity contribution < 1.29 is 22.7 Å². The summed E-state index contributed by atoms with van der Waals surface area (Å²) < 4.78 is 35.1. The number of carbonyl (C=O) groups is 2. The van der Waals surface area contributed by atoms with Crippen molar-refractivity contribution in [3.63, 3.8) is 0 Å². The lowest BCUT2D eigenvalue weighted by Gasteiger charge is -2.33. The zero-order chi connectivity index (χ0) is 32.2. The van der Waals surface area contributed by atoms with E-state index in [9.17, 15) is 18.0 Å². The van der Waals surface area contributed by atoms with Crippen molar-refractivity contribution in [2.24, 2.45) is 0 Å². The number of amides is 2.